The molecule has 1 aliphatic heterocycles. The van der Waals surface area contributed by atoms with E-state index in [1.807, 2.05) is 12.3 Å². The van der Waals surface area contributed by atoms with Crippen LogP contribution in [0.2, 0.25) is 0 Å². The van der Waals surface area contributed by atoms with Crippen LogP contribution in [0.25, 0.3) is 11.4 Å². The SMILES string of the molecule is COS(=O)(=O)N1CCCC1C[n+]1ccc(-c2ncccn2)cn1. The molecule has 2 aromatic rings. The predicted molar refractivity (Wildman–Crippen MR) is 81.1 cm³/mol. The summed E-state index contributed by atoms with van der Waals surface area (Å²) in [6, 6.07) is 3.48. The maximum atomic E-state index is 11.9. The van der Waals surface area contributed by atoms with Gasteiger partial charge in [-0.25, -0.2) is 9.97 Å². The lowest BCUT2D eigenvalue weighted by Gasteiger charge is -2.19. The molecular weight excluding hydrogens is 318 g/mol. The molecule has 0 N–H and O–H groups in total. The van der Waals surface area contributed by atoms with Crippen molar-refractivity contribution in [3.63, 3.8) is 0 Å². The number of hydrogen-bond donors (Lipinski definition) is 0. The Morgan fingerprint density at radius 2 is 2.17 bits per heavy atom. The molecular formula is C14H18N5O3S+. The molecule has 23 heavy (non-hydrogen) atoms. The smallest absolute Gasteiger partial charge is 0.261 e. The fraction of sp³-hybridized carbons (Fsp3) is 0.429. The molecule has 0 aliphatic carbocycles. The normalized spacial score (nSPS) is 19.1. The minimum absolute atomic E-state index is 0.142. The average Bonchev–Trinajstić information content (AvgIpc) is 3.05. The summed E-state index contributed by atoms with van der Waals surface area (Å²) >= 11 is 0. The second-order valence-electron chi connectivity index (χ2n) is 5.24. The molecule has 9 heteroatoms. The quantitative estimate of drug-likeness (QED) is 0.724. The van der Waals surface area contributed by atoms with Gasteiger partial charge in [0.25, 0.3) is 0 Å². The molecule has 2 aromatic heterocycles. The molecule has 3 heterocycles. The number of rotatable bonds is 5. The number of hydrogen-bond acceptors (Lipinski definition) is 6. The highest BCUT2D eigenvalue weighted by molar-refractivity contribution is 7.84. The Hall–Kier alpha value is -1.97. The highest BCUT2D eigenvalue weighted by Crippen LogP contribution is 2.21. The van der Waals surface area contributed by atoms with E-state index in [1.165, 1.54) is 11.4 Å². The van der Waals surface area contributed by atoms with Gasteiger partial charge in [0.2, 0.25) is 0 Å². The third kappa shape index (κ3) is 3.52. The Morgan fingerprint density at radius 3 is 2.83 bits per heavy atom. The average molecular weight is 336 g/mol. The molecule has 122 valence electrons. The molecule has 1 unspecified atom stereocenters. The zero-order valence-corrected chi connectivity index (χ0v) is 13.6. The molecule has 1 fully saturated rings. The van der Waals surface area contributed by atoms with E-state index in [9.17, 15) is 8.42 Å². The molecule has 3 rings (SSSR count). The molecule has 0 bridgehead atoms. The van der Waals surface area contributed by atoms with E-state index >= 15 is 0 Å². The lowest BCUT2D eigenvalue weighted by atomic mass is 10.2. The second kappa shape index (κ2) is 6.65. The first-order valence-corrected chi connectivity index (χ1v) is 8.67. The highest BCUT2D eigenvalue weighted by Gasteiger charge is 2.37. The van der Waals surface area contributed by atoms with Gasteiger partial charge < -0.3 is 0 Å². The Balaban J connectivity index is 1.73. The van der Waals surface area contributed by atoms with Gasteiger partial charge in [-0.1, -0.05) is 4.68 Å². The van der Waals surface area contributed by atoms with Crippen LogP contribution in [0.1, 0.15) is 12.8 Å². The van der Waals surface area contributed by atoms with Crippen molar-refractivity contribution in [2.75, 3.05) is 13.7 Å². The van der Waals surface area contributed by atoms with Gasteiger partial charge in [0.05, 0.1) is 13.2 Å². The summed E-state index contributed by atoms with van der Waals surface area (Å²) in [4.78, 5) is 8.35. The van der Waals surface area contributed by atoms with Gasteiger partial charge in [-0.05, 0) is 24.0 Å². The molecule has 8 nitrogen and oxygen atoms in total. The first-order valence-electron chi connectivity index (χ1n) is 7.31. The minimum atomic E-state index is -3.65. The molecule has 1 atom stereocenters. The van der Waals surface area contributed by atoms with Crippen LogP contribution in [0.5, 0.6) is 0 Å². The summed E-state index contributed by atoms with van der Waals surface area (Å²) in [7, 11) is -2.46. The molecule has 0 spiro atoms. The van der Waals surface area contributed by atoms with Gasteiger partial charge in [-0.2, -0.15) is 12.7 Å². The van der Waals surface area contributed by atoms with Gasteiger partial charge in [0.1, 0.15) is 6.20 Å². The van der Waals surface area contributed by atoms with Crippen LogP contribution in [-0.2, 0) is 21.0 Å². The monoisotopic (exact) mass is 336 g/mol. The topological polar surface area (TPSA) is 89.2 Å². The summed E-state index contributed by atoms with van der Waals surface area (Å²) in [5.41, 5.74) is 0.814. The highest BCUT2D eigenvalue weighted by atomic mass is 32.2. The third-order valence-electron chi connectivity index (χ3n) is 3.81. The Kier molecular flexibility index (Phi) is 4.60. The second-order valence-corrected chi connectivity index (χ2v) is 6.90. The summed E-state index contributed by atoms with van der Waals surface area (Å²) < 4.78 is 31.5. The van der Waals surface area contributed by atoms with Crippen LogP contribution in [0.3, 0.4) is 0 Å². The van der Waals surface area contributed by atoms with Crippen LogP contribution in [0.15, 0.2) is 36.9 Å². The van der Waals surface area contributed by atoms with Crippen LogP contribution >= 0.6 is 0 Å². The van der Waals surface area contributed by atoms with Crippen LogP contribution in [0, 0.1) is 0 Å². The fourth-order valence-electron chi connectivity index (χ4n) is 2.67. The van der Waals surface area contributed by atoms with Crippen molar-refractivity contribution < 1.29 is 17.3 Å². The van der Waals surface area contributed by atoms with Crippen LogP contribution in [-0.4, -0.2) is 47.5 Å². The Labute approximate surface area is 135 Å². The van der Waals surface area contributed by atoms with E-state index in [0.717, 1.165) is 18.4 Å². The molecule has 0 radical (unpaired) electrons. The lowest BCUT2D eigenvalue weighted by Crippen LogP contribution is -2.48. The van der Waals surface area contributed by atoms with Crippen molar-refractivity contribution in [1.29, 1.82) is 0 Å². The molecule has 1 aliphatic rings. The molecule has 0 aromatic carbocycles. The lowest BCUT2D eigenvalue weighted by molar-refractivity contribution is -0.756. The standard InChI is InChI=1S/C14H18N5O3S/c1-22-23(20,21)19-8-2-4-13(19)11-18-9-5-12(10-17-18)14-15-6-3-7-16-14/h3,5-7,9-10,13H,2,4,8,11H2,1H3/q+1. The maximum absolute atomic E-state index is 11.9. The molecule has 0 saturated carbocycles. The first kappa shape index (κ1) is 15.9. The largest absolute Gasteiger partial charge is 0.338 e. The minimum Gasteiger partial charge on any atom is -0.261 e. The van der Waals surface area contributed by atoms with Gasteiger partial charge in [-0.3, -0.25) is 4.18 Å². The van der Waals surface area contributed by atoms with E-state index in [2.05, 4.69) is 19.2 Å². The summed E-state index contributed by atoms with van der Waals surface area (Å²) in [6.07, 6.45) is 8.45. The van der Waals surface area contributed by atoms with E-state index in [0.29, 0.717) is 18.9 Å². The van der Waals surface area contributed by atoms with Crippen molar-refractivity contribution >= 4 is 10.3 Å². The van der Waals surface area contributed by atoms with Crippen molar-refractivity contribution in [2.24, 2.45) is 0 Å². The van der Waals surface area contributed by atoms with Gasteiger partial charge in [0.15, 0.2) is 18.6 Å². The van der Waals surface area contributed by atoms with Crippen LogP contribution in [0.4, 0.5) is 0 Å². The van der Waals surface area contributed by atoms with Gasteiger partial charge in [-0.15, -0.1) is 0 Å². The van der Waals surface area contributed by atoms with Crippen molar-refractivity contribution in [3.05, 3.63) is 36.9 Å². The van der Waals surface area contributed by atoms with Crippen molar-refractivity contribution in [1.82, 2.24) is 19.4 Å². The maximum Gasteiger partial charge on any atom is 0.338 e. The van der Waals surface area contributed by atoms with Gasteiger partial charge in [0, 0.05) is 30.6 Å². The number of nitrogens with zero attached hydrogens (tertiary/aromatic N) is 5. The molecule has 0 amide bonds. The third-order valence-corrected chi connectivity index (χ3v) is 5.29. The van der Waals surface area contributed by atoms with E-state index in [1.54, 1.807) is 29.3 Å². The zero-order chi connectivity index (χ0) is 16.3. The Morgan fingerprint density at radius 1 is 1.39 bits per heavy atom. The Bertz CT molecular complexity index is 752. The zero-order valence-electron chi connectivity index (χ0n) is 12.7. The first-order chi connectivity index (χ1) is 11.1. The van der Waals surface area contributed by atoms with Gasteiger partial charge >= 0.3 is 10.3 Å². The van der Waals surface area contributed by atoms with E-state index in [4.69, 9.17) is 0 Å². The van der Waals surface area contributed by atoms with Crippen molar-refractivity contribution in [2.45, 2.75) is 25.4 Å². The predicted octanol–water partition coefficient (Wildman–Crippen LogP) is 0.182. The fourth-order valence-corrected chi connectivity index (χ4v) is 3.75. The van der Waals surface area contributed by atoms with E-state index < -0.39 is 10.3 Å². The molecule has 1 saturated heterocycles. The summed E-state index contributed by atoms with van der Waals surface area (Å²) in [5, 5.41) is 4.34. The summed E-state index contributed by atoms with van der Waals surface area (Å²) in [6.45, 7) is 0.968. The van der Waals surface area contributed by atoms with E-state index in [-0.39, 0.29) is 6.04 Å². The summed E-state index contributed by atoms with van der Waals surface area (Å²) in [5.74, 6) is 0.608. The van der Waals surface area contributed by atoms with Crippen LogP contribution < -0.4 is 4.68 Å². The van der Waals surface area contributed by atoms with Crippen molar-refractivity contribution in [3.8, 4) is 11.4 Å². The number of aromatic nitrogens is 4.